The SMILES string of the molecule is CCOCCN(CCOCC)C1COCCC1NC. The molecule has 1 saturated heterocycles. The molecular formula is C14H30N2O3. The van der Waals surface area contributed by atoms with Crippen molar-refractivity contribution in [3.8, 4) is 0 Å². The van der Waals surface area contributed by atoms with Crippen LogP contribution < -0.4 is 5.32 Å². The van der Waals surface area contributed by atoms with E-state index in [1.807, 2.05) is 20.9 Å². The Labute approximate surface area is 117 Å². The van der Waals surface area contributed by atoms with Crippen molar-refractivity contribution in [3.05, 3.63) is 0 Å². The van der Waals surface area contributed by atoms with E-state index in [1.54, 1.807) is 0 Å². The second kappa shape index (κ2) is 10.6. The van der Waals surface area contributed by atoms with E-state index in [0.717, 1.165) is 59.2 Å². The zero-order chi connectivity index (χ0) is 13.9. The third-order valence-corrected chi connectivity index (χ3v) is 3.62. The highest BCUT2D eigenvalue weighted by atomic mass is 16.5. The predicted octanol–water partition coefficient (Wildman–Crippen LogP) is 0.738. The normalized spacial score (nSPS) is 24.0. The summed E-state index contributed by atoms with van der Waals surface area (Å²) in [6, 6.07) is 0.914. The van der Waals surface area contributed by atoms with Crippen LogP contribution in [-0.2, 0) is 14.2 Å². The summed E-state index contributed by atoms with van der Waals surface area (Å²) in [5, 5.41) is 3.41. The van der Waals surface area contributed by atoms with Crippen LogP contribution in [0.15, 0.2) is 0 Å². The zero-order valence-electron chi connectivity index (χ0n) is 12.7. The van der Waals surface area contributed by atoms with Crippen molar-refractivity contribution >= 4 is 0 Å². The topological polar surface area (TPSA) is 43.0 Å². The number of hydrogen-bond donors (Lipinski definition) is 1. The van der Waals surface area contributed by atoms with Gasteiger partial charge in [-0.05, 0) is 27.3 Å². The van der Waals surface area contributed by atoms with E-state index in [1.165, 1.54) is 0 Å². The number of nitrogens with one attached hydrogen (secondary N) is 1. The van der Waals surface area contributed by atoms with Gasteiger partial charge in [0.15, 0.2) is 0 Å². The molecule has 1 aliphatic rings. The third kappa shape index (κ3) is 6.19. The Kier molecular flexibility index (Phi) is 9.38. The van der Waals surface area contributed by atoms with Gasteiger partial charge in [-0.1, -0.05) is 0 Å². The molecule has 0 radical (unpaired) electrons. The van der Waals surface area contributed by atoms with Gasteiger partial charge in [-0.15, -0.1) is 0 Å². The van der Waals surface area contributed by atoms with Crippen molar-refractivity contribution in [1.29, 1.82) is 0 Å². The summed E-state index contributed by atoms with van der Waals surface area (Å²) in [4.78, 5) is 2.44. The van der Waals surface area contributed by atoms with Gasteiger partial charge in [0, 0.05) is 45.0 Å². The first-order valence-corrected chi connectivity index (χ1v) is 7.48. The quantitative estimate of drug-likeness (QED) is 0.595. The summed E-state index contributed by atoms with van der Waals surface area (Å²) in [5.74, 6) is 0. The molecule has 1 aliphatic heterocycles. The molecule has 0 bridgehead atoms. The molecule has 0 aromatic rings. The Morgan fingerprint density at radius 3 is 2.32 bits per heavy atom. The molecule has 19 heavy (non-hydrogen) atoms. The standard InChI is InChI=1S/C14H30N2O3/c1-4-17-10-7-16(8-11-18-5-2)14-12-19-9-6-13(14)15-3/h13-15H,4-12H2,1-3H3. The van der Waals surface area contributed by atoms with E-state index >= 15 is 0 Å². The number of rotatable bonds is 10. The van der Waals surface area contributed by atoms with Crippen LogP contribution in [0.1, 0.15) is 20.3 Å². The smallest absolute Gasteiger partial charge is 0.0637 e. The van der Waals surface area contributed by atoms with Crippen molar-refractivity contribution < 1.29 is 14.2 Å². The van der Waals surface area contributed by atoms with Crippen LogP contribution in [0.3, 0.4) is 0 Å². The molecule has 2 unspecified atom stereocenters. The van der Waals surface area contributed by atoms with Crippen molar-refractivity contribution in [3.63, 3.8) is 0 Å². The maximum Gasteiger partial charge on any atom is 0.0637 e. The van der Waals surface area contributed by atoms with Gasteiger partial charge in [0.2, 0.25) is 0 Å². The highest BCUT2D eigenvalue weighted by Crippen LogP contribution is 2.14. The summed E-state index contributed by atoms with van der Waals surface area (Å²) in [7, 11) is 2.03. The van der Waals surface area contributed by atoms with Crippen molar-refractivity contribution in [2.24, 2.45) is 0 Å². The first-order valence-electron chi connectivity index (χ1n) is 7.48. The average molecular weight is 274 g/mol. The molecule has 5 heteroatoms. The average Bonchev–Trinajstić information content (AvgIpc) is 2.46. The van der Waals surface area contributed by atoms with Crippen LogP contribution in [0.2, 0.25) is 0 Å². The van der Waals surface area contributed by atoms with Gasteiger partial charge in [0.1, 0.15) is 0 Å². The number of ether oxygens (including phenoxy) is 3. The lowest BCUT2D eigenvalue weighted by atomic mass is 10.0. The second-order valence-corrected chi connectivity index (χ2v) is 4.76. The van der Waals surface area contributed by atoms with Crippen LogP contribution >= 0.6 is 0 Å². The molecule has 114 valence electrons. The molecule has 0 aliphatic carbocycles. The van der Waals surface area contributed by atoms with Crippen molar-refractivity contribution in [2.45, 2.75) is 32.4 Å². The minimum atomic E-state index is 0.416. The summed E-state index contributed by atoms with van der Waals surface area (Å²) in [6.45, 7) is 10.7. The molecular weight excluding hydrogens is 244 g/mol. The van der Waals surface area contributed by atoms with Gasteiger partial charge >= 0.3 is 0 Å². The van der Waals surface area contributed by atoms with E-state index in [4.69, 9.17) is 14.2 Å². The molecule has 1 N–H and O–H groups in total. The summed E-state index contributed by atoms with van der Waals surface area (Å²) in [6.07, 6.45) is 1.07. The molecule has 0 aromatic carbocycles. The fraction of sp³-hybridized carbons (Fsp3) is 1.00. The lowest BCUT2D eigenvalue weighted by molar-refractivity contribution is -0.0208. The summed E-state index contributed by atoms with van der Waals surface area (Å²) < 4.78 is 16.6. The number of hydrogen-bond acceptors (Lipinski definition) is 5. The van der Waals surface area contributed by atoms with Gasteiger partial charge in [0.25, 0.3) is 0 Å². The lowest BCUT2D eigenvalue weighted by Gasteiger charge is -2.39. The molecule has 1 fully saturated rings. The Balaban J connectivity index is 2.47. The van der Waals surface area contributed by atoms with Crippen LogP contribution in [0.4, 0.5) is 0 Å². The van der Waals surface area contributed by atoms with Gasteiger partial charge in [0.05, 0.1) is 19.8 Å². The van der Waals surface area contributed by atoms with E-state index in [0.29, 0.717) is 12.1 Å². The molecule has 0 saturated carbocycles. The van der Waals surface area contributed by atoms with Crippen LogP contribution in [0.25, 0.3) is 0 Å². The highest BCUT2D eigenvalue weighted by Gasteiger charge is 2.29. The van der Waals surface area contributed by atoms with Gasteiger partial charge in [-0.2, -0.15) is 0 Å². The molecule has 1 rings (SSSR count). The fourth-order valence-corrected chi connectivity index (χ4v) is 2.52. The van der Waals surface area contributed by atoms with Crippen molar-refractivity contribution in [2.75, 3.05) is 59.8 Å². The summed E-state index contributed by atoms with van der Waals surface area (Å²) in [5.41, 5.74) is 0. The summed E-state index contributed by atoms with van der Waals surface area (Å²) >= 11 is 0. The number of nitrogens with zero attached hydrogens (tertiary/aromatic N) is 1. The Morgan fingerprint density at radius 2 is 1.79 bits per heavy atom. The first-order chi connectivity index (χ1) is 9.33. The third-order valence-electron chi connectivity index (χ3n) is 3.62. The largest absolute Gasteiger partial charge is 0.380 e. The van der Waals surface area contributed by atoms with E-state index < -0.39 is 0 Å². The van der Waals surface area contributed by atoms with Crippen LogP contribution in [0, 0.1) is 0 Å². The maximum atomic E-state index is 5.64. The lowest BCUT2D eigenvalue weighted by Crippen LogP contribution is -2.56. The highest BCUT2D eigenvalue weighted by molar-refractivity contribution is 4.86. The first kappa shape index (κ1) is 16.9. The molecule has 1 heterocycles. The molecule has 0 aromatic heterocycles. The predicted molar refractivity (Wildman–Crippen MR) is 76.6 cm³/mol. The second-order valence-electron chi connectivity index (χ2n) is 4.76. The van der Waals surface area contributed by atoms with Crippen molar-refractivity contribution in [1.82, 2.24) is 10.2 Å². The van der Waals surface area contributed by atoms with Crippen LogP contribution in [-0.4, -0.2) is 76.8 Å². The van der Waals surface area contributed by atoms with E-state index in [9.17, 15) is 0 Å². The van der Waals surface area contributed by atoms with E-state index in [-0.39, 0.29) is 0 Å². The maximum absolute atomic E-state index is 5.64. The van der Waals surface area contributed by atoms with Gasteiger partial charge in [-0.25, -0.2) is 0 Å². The van der Waals surface area contributed by atoms with Gasteiger partial charge in [-0.3, -0.25) is 4.90 Å². The van der Waals surface area contributed by atoms with Gasteiger partial charge < -0.3 is 19.5 Å². The monoisotopic (exact) mass is 274 g/mol. The van der Waals surface area contributed by atoms with E-state index in [2.05, 4.69) is 10.2 Å². The zero-order valence-corrected chi connectivity index (χ0v) is 12.7. The fourth-order valence-electron chi connectivity index (χ4n) is 2.52. The Morgan fingerprint density at radius 1 is 1.16 bits per heavy atom. The van der Waals surface area contributed by atoms with Crippen LogP contribution in [0.5, 0.6) is 0 Å². The number of likely N-dealkylation sites (N-methyl/N-ethyl adjacent to an activating group) is 1. The molecule has 0 spiro atoms. The Bertz CT molecular complexity index is 207. The Hall–Kier alpha value is -0.200. The molecule has 2 atom stereocenters. The minimum absolute atomic E-state index is 0.416. The minimum Gasteiger partial charge on any atom is -0.380 e. The molecule has 0 amide bonds. The molecule has 5 nitrogen and oxygen atoms in total.